The predicted molar refractivity (Wildman–Crippen MR) is 98.8 cm³/mol. The summed E-state index contributed by atoms with van der Waals surface area (Å²) in [5, 5.41) is 4.92. The zero-order valence-electron chi connectivity index (χ0n) is 13.1. The fourth-order valence-electron chi connectivity index (χ4n) is 1.97. The minimum absolute atomic E-state index is 0.0777. The molecule has 0 spiro atoms. The molecule has 2 aromatic carbocycles. The van der Waals surface area contributed by atoms with Gasteiger partial charge in [-0.05, 0) is 36.4 Å². The van der Waals surface area contributed by atoms with Crippen LogP contribution in [-0.2, 0) is 19.4 Å². The van der Waals surface area contributed by atoms with Crippen LogP contribution in [0.4, 0.5) is 15.8 Å². The van der Waals surface area contributed by atoms with E-state index in [4.69, 9.17) is 23.2 Å². The maximum absolute atomic E-state index is 12.8. The minimum atomic E-state index is -4.03. The van der Waals surface area contributed by atoms with Crippen LogP contribution in [0.25, 0.3) is 0 Å². The van der Waals surface area contributed by atoms with Crippen LogP contribution in [0.2, 0.25) is 10.0 Å². The van der Waals surface area contributed by atoms with Crippen molar-refractivity contribution in [3.8, 4) is 0 Å². The minimum Gasteiger partial charge on any atom is -0.325 e. The first-order chi connectivity index (χ1) is 12.2. The van der Waals surface area contributed by atoms with Crippen molar-refractivity contribution in [2.45, 2.75) is 0 Å². The van der Waals surface area contributed by atoms with Gasteiger partial charge in [-0.2, -0.15) is 0 Å². The van der Waals surface area contributed by atoms with Crippen LogP contribution in [0.5, 0.6) is 0 Å². The average molecular weight is 419 g/mol. The standard InChI is InChI=1S/C16H13Cl2FN2O4S/c17-12-2-1-3-13(16(12)18)21-15(23)9-26(24,25)8-14(22)20-11-6-4-10(19)5-7-11/h1-7H,8-9H2,(H,20,22)(H,21,23). The first-order valence-corrected chi connectivity index (χ1v) is 9.74. The summed E-state index contributed by atoms with van der Waals surface area (Å²) in [4.78, 5) is 23.7. The third kappa shape index (κ3) is 5.98. The Balaban J connectivity index is 1.94. The molecule has 0 aromatic heterocycles. The summed E-state index contributed by atoms with van der Waals surface area (Å²) in [6.07, 6.45) is 0. The topological polar surface area (TPSA) is 92.3 Å². The van der Waals surface area contributed by atoms with Crippen molar-refractivity contribution in [1.82, 2.24) is 0 Å². The summed E-state index contributed by atoms with van der Waals surface area (Å²) in [6.45, 7) is 0. The molecule has 0 aliphatic rings. The van der Waals surface area contributed by atoms with Crippen molar-refractivity contribution in [2.75, 3.05) is 22.1 Å². The molecule has 0 saturated heterocycles. The van der Waals surface area contributed by atoms with Gasteiger partial charge in [0.05, 0.1) is 15.7 Å². The highest BCUT2D eigenvalue weighted by molar-refractivity contribution is 7.92. The van der Waals surface area contributed by atoms with Crippen molar-refractivity contribution >= 4 is 56.2 Å². The lowest BCUT2D eigenvalue weighted by molar-refractivity contribution is -0.114. The molecule has 0 unspecified atom stereocenters. The van der Waals surface area contributed by atoms with E-state index in [0.29, 0.717) is 0 Å². The molecule has 0 aliphatic carbocycles. The number of halogens is 3. The molecule has 0 saturated carbocycles. The Morgan fingerprint density at radius 2 is 1.50 bits per heavy atom. The molecule has 138 valence electrons. The van der Waals surface area contributed by atoms with Crippen molar-refractivity contribution in [3.05, 3.63) is 58.3 Å². The molecule has 2 amide bonds. The monoisotopic (exact) mass is 418 g/mol. The van der Waals surface area contributed by atoms with E-state index in [1.54, 1.807) is 0 Å². The fraction of sp³-hybridized carbons (Fsp3) is 0.125. The number of amides is 2. The molecular formula is C16H13Cl2FN2O4S. The molecule has 26 heavy (non-hydrogen) atoms. The fourth-order valence-corrected chi connectivity index (χ4v) is 3.36. The molecule has 0 atom stereocenters. The summed E-state index contributed by atoms with van der Waals surface area (Å²) in [7, 11) is -4.03. The van der Waals surface area contributed by atoms with Gasteiger partial charge in [-0.3, -0.25) is 9.59 Å². The van der Waals surface area contributed by atoms with Crippen LogP contribution in [0.1, 0.15) is 0 Å². The number of carbonyl (C=O) groups is 2. The quantitative estimate of drug-likeness (QED) is 0.753. The summed E-state index contributed by atoms with van der Waals surface area (Å²) >= 11 is 11.7. The molecule has 2 rings (SSSR count). The Hall–Kier alpha value is -2.16. The summed E-state index contributed by atoms with van der Waals surface area (Å²) in [6, 6.07) is 9.31. The normalized spacial score (nSPS) is 11.0. The largest absolute Gasteiger partial charge is 0.325 e. The van der Waals surface area contributed by atoms with Gasteiger partial charge < -0.3 is 10.6 Å². The van der Waals surface area contributed by atoms with Gasteiger partial charge in [0.1, 0.15) is 17.3 Å². The molecule has 2 N–H and O–H groups in total. The molecule has 6 nitrogen and oxygen atoms in total. The Bertz CT molecular complexity index is 934. The molecule has 0 bridgehead atoms. The van der Waals surface area contributed by atoms with E-state index < -0.39 is 39.0 Å². The number of sulfone groups is 1. The number of benzene rings is 2. The van der Waals surface area contributed by atoms with Gasteiger partial charge in [-0.25, -0.2) is 12.8 Å². The molecule has 0 heterocycles. The van der Waals surface area contributed by atoms with Gasteiger partial charge in [0.25, 0.3) is 0 Å². The summed E-state index contributed by atoms with van der Waals surface area (Å²) in [5.74, 6) is -4.01. The zero-order chi connectivity index (χ0) is 19.3. The molecular weight excluding hydrogens is 406 g/mol. The van der Waals surface area contributed by atoms with Crippen LogP contribution in [0.15, 0.2) is 42.5 Å². The molecule has 0 aliphatic heterocycles. The lowest BCUT2D eigenvalue weighted by Crippen LogP contribution is -2.30. The van der Waals surface area contributed by atoms with E-state index in [1.807, 2.05) is 0 Å². The summed E-state index contributed by atoms with van der Waals surface area (Å²) in [5.41, 5.74) is 0.400. The number of hydrogen-bond donors (Lipinski definition) is 2. The second-order valence-corrected chi connectivity index (χ2v) is 8.09. The van der Waals surface area contributed by atoms with E-state index in [9.17, 15) is 22.4 Å². The van der Waals surface area contributed by atoms with Gasteiger partial charge in [-0.1, -0.05) is 29.3 Å². The lowest BCUT2D eigenvalue weighted by Gasteiger charge is -2.09. The van der Waals surface area contributed by atoms with Gasteiger partial charge in [0.2, 0.25) is 11.8 Å². The number of rotatable bonds is 6. The van der Waals surface area contributed by atoms with E-state index in [-0.39, 0.29) is 21.4 Å². The van der Waals surface area contributed by atoms with Crippen molar-refractivity contribution < 1.29 is 22.4 Å². The Labute approximate surface area is 159 Å². The smallest absolute Gasteiger partial charge is 0.239 e. The first-order valence-electron chi connectivity index (χ1n) is 7.16. The highest BCUT2D eigenvalue weighted by Crippen LogP contribution is 2.29. The zero-order valence-corrected chi connectivity index (χ0v) is 15.5. The van der Waals surface area contributed by atoms with Crippen LogP contribution in [0.3, 0.4) is 0 Å². The average Bonchev–Trinajstić information content (AvgIpc) is 2.53. The maximum Gasteiger partial charge on any atom is 0.239 e. The SMILES string of the molecule is O=C(CS(=O)(=O)CC(=O)Nc1cccc(Cl)c1Cl)Nc1ccc(F)cc1. The van der Waals surface area contributed by atoms with E-state index in [0.717, 1.165) is 12.1 Å². The van der Waals surface area contributed by atoms with E-state index >= 15 is 0 Å². The number of anilines is 2. The Kier molecular flexibility index (Phi) is 6.57. The highest BCUT2D eigenvalue weighted by atomic mass is 35.5. The first kappa shape index (κ1) is 20.2. The third-order valence-corrected chi connectivity index (χ3v) is 5.28. The van der Waals surface area contributed by atoms with Crippen molar-refractivity contribution in [1.29, 1.82) is 0 Å². The van der Waals surface area contributed by atoms with Crippen LogP contribution >= 0.6 is 23.2 Å². The molecule has 0 radical (unpaired) electrons. The number of hydrogen-bond acceptors (Lipinski definition) is 4. The van der Waals surface area contributed by atoms with Gasteiger partial charge in [-0.15, -0.1) is 0 Å². The number of nitrogens with one attached hydrogen (secondary N) is 2. The Morgan fingerprint density at radius 1 is 0.923 bits per heavy atom. The lowest BCUT2D eigenvalue weighted by atomic mass is 10.3. The second kappa shape index (κ2) is 8.48. The van der Waals surface area contributed by atoms with Gasteiger partial charge in [0.15, 0.2) is 9.84 Å². The maximum atomic E-state index is 12.8. The predicted octanol–water partition coefficient (Wildman–Crippen LogP) is 3.12. The van der Waals surface area contributed by atoms with Gasteiger partial charge in [0, 0.05) is 5.69 Å². The van der Waals surface area contributed by atoms with E-state index in [1.165, 1.54) is 30.3 Å². The van der Waals surface area contributed by atoms with Crippen LogP contribution in [0, 0.1) is 5.82 Å². The number of carbonyl (C=O) groups excluding carboxylic acids is 2. The molecule has 2 aromatic rings. The van der Waals surface area contributed by atoms with E-state index in [2.05, 4.69) is 10.6 Å². The Morgan fingerprint density at radius 3 is 2.12 bits per heavy atom. The molecule has 0 fully saturated rings. The summed E-state index contributed by atoms with van der Waals surface area (Å²) < 4.78 is 36.8. The van der Waals surface area contributed by atoms with Crippen LogP contribution < -0.4 is 10.6 Å². The highest BCUT2D eigenvalue weighted by Gasteiger charge is 2.21. The molecule has 10 heteroatoms. The van der Waals surface area contributed by atoms with Crippen molar-refractivity contribution in [3.63, 3.8) is 0 Å². The second-order valence-electron chi connectivity index (χ2n) is 5.24. The van der Waals surface area contributed by atoms with Crippen LogP contribution in [-0.4, -0.2) is 31.7 Å². The third-order valence-electron chi connectivity index (χ3n) is 3.06. The van der Waals surface area contributed by atoms with Crippen molar-refractivity contribution in [2.24, 2.45) is 0 Å². The van der Waals surface area contributed by atoms with Gasteiger partial charge >= 0.3 is 0 Å².